The van der Waals surface area contributed by atoms with Crippen molar-refractivity contribution in [1.29, 1.82) is 0 Å². The lowest BCUT2D eigenvalue weighted by Gasteiger charge is -2.24. The van der Waals surface area contributed by atoms with Gasteiger partial charge in [-0.05, 0) is 31.7 Å². The molecule has 1 aliphatic heterocycles. The molecule has 0 spiro atoms. The predicted molar refractivity (Wildman–Crippen MR) is 91.6 cm³/mol. The van der Waals surface area contributed by atoms with Gasteiger partial charge in [-0.15, -0.1) is 0 Å². The molecule has 0 aliphatic carbocycles. The molecule has 0 aromatic heterocycles. The van der Waals surface area contributed by atoms with Crippen LogP contribution in [-0.2, 0) is 4.79 Å². The van der Waals surface area contributed by atoms with Crippen LogP contribution < -0.4 is 5.32 Å². The van der Waals surface area contributed by atoms with E-state index >= 15 is 0 Å². The van der Waals surface area contributed by atoms with E-state index in [2.05, 4.69) is 5.32 Å². The normalized spacial score (nSPS) is 16.8. The van der Waals surface area contributed by atoms with Crippen LogP contribution in [0.2, 0.25) is 5.02 Å². The van der Waals surface area contributed by atoms with Crippen LogP contribution in [0, 0.1) is 5.92 Å². The second-order valence-corrected chi connectivity index (χ2v) is 6.38. The van der Waals surface area contributed by atoms with Crippen molar-refractivity contribution >= 4 is 23.4 Å². The van der Waals surface area contributed by atoms with Crippen molar-refractivity contribution in [2.45, 2.75) is 13.3 Å². The molecule has 5 nitrogen and oxygen atoms in total. The third-order valence-electron chi connectivity index (χ3n) is 4.10. The van der Waals surface area contributed by atoms with Crippen molar-refractivity contribution in [1.82, 2.24) is 15.1 Å². The van der Waals surface area contributed by atoms with E-state index < -0.39 is 0 Å². The summed E-state index contributed by atoms with van der Waals surface area (Å²) in [5.74, 6) is 0.0802. The summed E-state index contributed by atoms with van der Waals surface area (Å²) >= 11 is 5.96. The number of hydrogen-bond donors (Lipinski definition) is 1. The zero-order chi connectivity index (χ0) is 16.8. The van der Waals surface area contributed by atoms with E-state index in [4.69, 9.17) is 11.6 Å². The van der Waals surface area contributed by atoms with Gasteiger partial charge in [0.05, 0.1) is 0 Å². The van der Waals surface area contributed by atoms with E-state index in [0.717, 1.165) is 6.42 Å². The number of carbonyl (C=O) groups excluding carboxylic acids is 2. The van der Waals surface area contributed by atoms with Crippen LogP contribution >= 0.6 is 11.6 Å². The molecule has 0 saturated carbocycles. The summed E-state index contributed by atoms with van der Waals surface area (Å²) in [4.78, 5) is 28.6. The zero-order valence-corrected chi connectivity index (χ0v) is 14.5. The number of halogens is 1. The van der Waals surface area contributed by atoms with Gasteiger partial charge in [0.25, 0.3) is 5.91 Å². The third kappa shape index (κ3) is 4.69. The first kappa shape index (κ1) is 17.8. The average molecular weight is 338 g/mol. The quantitative estimate of drug-likeness (QED) is 0.912. The highest BCUT2D eigenvalue weighted by Crippen LogP contribution is 2.15. The Morgan fingerprint density at radius 3 is 2.61 bits per heavy atom. The number of amides is 2. The maximum atomic E-state index is 12.6. The number of nitrogens with one attached hydrogen (secondary N) is 1. The Morgan fingerprint density at radius 1 is 1.22 bits per heavy atom. The largest absolute Gasteiger partial charge is 0.341 e. The lowest BCUT2D eigenvalue weighted by atomic mass is 10.1. The van der Waals surface area contributed by atoms with Gasteiger partial charge in [-0.3, -0.25) is 9.59 Å². The van der Waals surface area contributed by atoms with Gasteiger partial charge in [0.2, 0.25) is 5.91 Å². The van der Waals surface area contributed by atoms with Crippen molar-refractivity contribution < 1.29 is 9.59 Å². The maximum absolute atomic E-state index is 12.6. The summed E-state index contributed by atoms with van der Waals surface area (Å²) in [6.45, 7) is 5.10. The second-order valence-electron chi connectivity index (χ2n) is 5.94. The number of benzene rings is 1. The molecule has 1 N–H and O–H groups in total. The Kier molecular flexibility index (Phi) is 6.42. The van der Waals surface area contributed by atoms with Gasteiger partial charge < -0.3 is 15.1 Å². The first-order valence-electron chi connectivity index (χ1n) is 8.01. The van der Waals surface area contributed by atoms with E-state index in [1.165, 1.54) is 0 Å². The summed E-state index contributed by atoms with van der Waals surface area (Å²) in [7, 11) is 1.84. The predicted octanol–water partition coefficient (Wildman–Crippen LogP) is 1.87. The first-order valence-corrected chi connectivity index (χ1v) is 8.39. The van der Waals surface area contributed by atoms with Gasteiger partial charge in [-0.1, -0.05) is 24.6 Å². The molecule has 1 saturated heterocycles. The summed E-state index contributed by atoms with van der Waals surface area (Å²) in [6.07, 6.45) is 0.796. The van der Waals surface area contributed by atoms with Gasteiger partial charge in [-0.25, -0.2) is 0 Å². The molecule has 6 heteroatoms. The molecule has 1 aliphatic rings. The van der Waals surface area contributed by atoms with Gasteiger partial charge in [0, 0.05) is 49.2 Å². The SMILES string of the molecule is CNCC(C)C(=O)N1CCCN(C(=O)c2cccc(Cl)c2)CC1. The Hall–Kier alpha value is -1.59. The van der Waals surface area contributed by atoms with Crippen LogP contribution in [0.3, 0.4) is 0 Å². The molecule has 2 rings (SSSR count). The highest BCUT2D eigenvalue weighted by molar-refractivity contribution is 6.30. The molecule has 1 aromatic rings. The van der Waals surface area contributed by atoms with E-state index in [-0.39, 0.29) is 17.7 Å². The summed E-state index contributed by atoms with van der Waals surface area (Å²) in [5, 5.41) is 3.59. The zero-order valence-electron chi connectivity index (χ0n) is 13.7. The Labute approximate surface area is 142 Å². The number of carbonyl (C=O) groups is 2. The molecule has 1 heterocycles. The molecule has 1 atom stereocenters. The van der Waals surface area contributed by atoms with Crippen LogP contribution in [0.5, 0.6) is 0 Å². The summed E-state index contributed by atoms with van der Waals surface area (Å²) in [6, 6.07) is 7.00. The van der Waals surface area contributed by atoms with Crippen LogP contribution in [0.4, 0.5) is 0 Å². The Morgan fingerprint density at radius 2 is 1.91 bits per heavy atom. The molecule has 0 bridgehead atoms. The molecule has 1 aromatic carbocycles. The van der Waals surface area contributed by atoms with Gasteiger partial charge in [-0.2, -0.15) is 0 Å². The van der Waals surface area contributed by atoms with Crippen molar-refractivity contribution in [3.8, 4) is 0 Å². The fourth-order valence-electron chi connectivity index (χ4n) is 2.85. The lowest BCUT2D eigenvalue weighted by molar-refractivity contribution is -0.134. The van der Waals surface area contributed by atoms with Crippen LogP contribution in [-0.4, -0.2) is 61.4 Å². The molecule has 2 amide bonds. The van der Waals surface area contributed by atoms with Crippen LogP contribution in [0.15, 0.2) is 24.3 Å². The van der Waals surface area contributed by atoms with E-state index in [0.29, 0.717) is 43.3 Å². The third-order valence-corrected chi connectivity index (χ3v) is 4.33. The monoisotopic (exact) mass is 337 g/mol. The highest BCUT2D eigenvalue weighted by Gasteiger charge is 2.25. The minimum atomic E-state index is -0.0461. The highest BCUT2D eigenvalue weighted by atomic mass is 35.5. The lowest BCUT2D eigenvalue weighted by Crippen LogP contribution is -2.41. The molecular weight excluding hydrogens is 314 g/mol. The van der Waals surface area contributed by atoms with E-state index in [1.807, 2.05) is 23.8 Å². The van der Waals surface area contributed by atoms with Crippen LogP contribution in [0.25, 0.3) is 0 Å². The van der Waals surface area contributed by atoms with Crippen molar-refractivity contribution in [3.63, 3.8) is 0 Å². The molecule has 126 valence electrons. The van der Waals surface area contributed by atoms with Crippen LogP contribution in [0.1, 0.15) is 23.7 Å². The van der Waals surface area contributed by atoms with Crippen molar-refractivity contribution in [2.24, 2.45) is 5.92 Å². The second kappa shape index (κ2) is 8.31. The minimum Gasteiger partial charge on any atom is -0.341 e. The minimum absolute atomic E-state index is 0.0231. The average Bonchev–Trinajstić information content (AvgIpc) is 2.79. The fourth-order valence-corrected chi connectivity index (χ4v) is 3.04. The van der Waals surface area contributed by atoms with Gasteiger partial charge in [0.1, 0.15) is 0 Å². The molecule has 23 heavy (non-hydrogen) atoms. The molecule has 1 fully saturated rings. The molecule has 0 radical (unpaired) electrons. The fraction of sp³-hybridized carbons (Fsp3) is 0.529. The summed E-state index contributed by atoms with van der Waals surface area (Å²) < 4.78 is 0. The number of hydrogen-bond acceptors (Lipinski definition) is 3. The number of nitrogens with zero attached hydrogens (tertiary/aromatic N) is 2. The maximum Gasteiger partial charge on any atom is 0.253 e. The topological polar surface area (TPSA) is 52.7 Å². The molecule has 1 unspecified atom stereocenters. The van der Waals surface area contributed by atoms with Crippen molar-refractivity contribution in [2.75, 3.05) is 39.8 Å². The Balaban J connectivity index is 1.98. The van der Waals surface area contributed by atoms with E-state index in [9.17, 15) is 9.59 Å². The Bertz CT molecular complexity index is 565. The summed E-state index contributed by atoms with van der Waals surface area (Å²) in [5.41, 5.74) is 0.598. The smallest absolute Gasteiger partial charge is 0.253 e. The first-order chi connectivity index (χ1) is 11.0. The van der Waals surface area contributed by atoms with Crippen molar-refractivity contribution in [3.05, 3.63) is 34.9 Å². The number of rotatable bonds is 4. The van der Waals surface area contributed by atoms with Gasteiger partial charge >= 0.3 is 0 Å². The molecular formula is C17H24ClN3O2. The van der Waals surface area contributed by atoms with Gasteiger partial charge in [0.15, 0.2) is 0 Å². The standard InChI is InChI=1S/C17H24ClN3O2/c1-13(12-19-2)16(22)20-7-4-8-21(10-9-20)17(23)14-5-3-6-15(18)11-14/h3,5-6,11,13,19H,4,7-10,12H2,1-2H3. The van der Waals surface area contributed by atoms with E-state index in [1.54, 1.807) is 24.3 Å².